The van der Waals surface area contributed by atoms with Gasteiger partial charge in [0.05, 0.1) is 7.11 Å². The van der Waals surface area contributed by atoms with Gasteiger partial charge in [-0.3, -0.25) is 9.59 Å². The topological polar surface area (TPSA) is 80.3 Å². The van der Waals surface area contributed by atoms with E-state index >= 15 is 0 Å². The van der Waals surface area contributed by atoms with Gasteiger partial charge in [0.15, 0.2) is 0 Å². The zero-order chi connectivity index (χ0) is 18.9. The van der Waals surface area contributed by atoms with Crippen molar-refractivity contribution in [2.75, 3.05) is 20.2 Å². The van der Waals surface area contributed by atoms with E-state index in [2.05, 4.69) is 15.6 Å². The number of hydrogen-bond acceptors (Lipinski definition) is 4. The number of rotatable bonds is 8. The number of pyridine rings is 1. The molecule has 2 N–H and O–H groups in total. The van der Waals surface area contributed by atoms with Crippen LogP contribution >= 0.6 is 0 Å². The first-order valence-electron chi connectivity index (χ1n) is 8.66. The largest absolute Gasteiger partial charge is 0.497 e. The number of benzene rings is 1. The Hall–Kier alpha value is -2.89. The van der Waals surface area contributed by atoms with E-state index in [9.17, 15) is 9.59 Å². The van der Waals surface area contributed by atoms with Gasteiger partial charge in [-0.05, 0) is 42.2 Å². The molecule has 6 nitrogen and oxygen atoms in total. The molecule has 0 atom stereocenters. The quantitative estimate of drug-likeness (QED) is 0.762. The Morgan fingerprint density at radius 2 is 1.62 bits per heavy atom. The highest BCUT2D eigenvalue weighted by Crippen LogP contribution is 2.11. The SMILES string of the molecule is COc1ccc(CCNC(=O)c2cccc(C(=O)NCC(C)C)n2)cc1. The minimum Gasteiger partial charge on any atom is -0.497 e. The first kappa shape index (κ1) is 19.4. The van der Waals surface area contributed by atoms with Crippen molar-refractivity contribution in [3.8, 4) is 5.75 Å². The highest BCUT2D eigenvalue weighted by molar-refractivity contribution is 5.96. The maximum absolute atomic E-state index is 12.3. The van der Waals surface area contributed by atoms with Crippen LogP contribution in [0.15, 0.2) is 42.5 Å². The second-order valence-electron chi connectivity index (χ2n) is 6.37. The van der Waals surface area contributed by atoms with Gasteiger partial charge in [0.25, 0.3) is 11.8 Å². The minimum absolute atomic E-state index is 0.233. The van der Waals surface area contributed by atoms with E-state index in [1.165, 1.54) is 0 Å². The van der Waals surface area contributed by atoms with Crippen molar-refractivity contribution < 1.29 is 14.3 Å². The lowest BCUT2D eigenvalue weighted by molar-refractivity contribution is 0.0941. The van der Waals surface area contributed by atoms with Crippen molar-refractivity contribution in [1.82, 2.24) is 15.6 Å². The predicted molar refractivity (Wildman–Crippen MR) is 100 cm³/mol. The summed E-state index contributed by atoms with van der Waals surface area (Å²) in [6, 6.07) is 12.6. The molecular formula is C20H25N3O3. The smallest absolute Gasteiger partial charge is 0.269 e. The molecule has 0 saturated carbocycles. The number of ether oxygens (including phenoxy) is 1. The number of nitrogens with zero attached hydrogens (tertiary/aromatic N) is 1. The summed E-state index contributed by atoms with van der Waals surface area (Å²) in [4.78, 5) is 28.5. The maximum Gasteiger partial charge on any atom is 0.269 e. The van der Waals surface area contributed by atoms with Gasteiger partial charge in [-0.1, -0.05) is 32.0 Å². The van der Waals surface area contributed by atoms with Crippen molar-refractivity contribution in [2.45, 2.75) is 20.3 Å². The van der Waals surface area contributed by atoms with Crippen molar-refractivity contribution >= 4 is 11.8 Å². The van der Waals surface area contributed by atoms with Crippen LogP contribution in [0.25, 0.3) is 0 Å². The Kier molecular flexibility index (Phi) is 7.14. The molecule has 0 bridgehead atoms. The second-order valence-corrected chi connectivity index (χ2v) is 6.37. The summed E-state index contributed by atoms with van der Waals surface area (Å²) in [6.45, 7) is 5.08. The zero-order valence-corrected chi connectivity index (χ0v) is 15.4. The van der Waals surface area contributed by atoms with E-state index in [4.69, 9.17) is 4.74 Å². The molecule has 2 amide bonds. The van der Waals surface area contributed by atoms with Gasteiger partial charge in [-0.25, -0.2) is 4.98 Å². The van der Waals surface area contributed by atoms with Crippen LogP contribution in [0.5, 0.6) is 5.75 Å². The van der Waals surface area contributed by atoms with Crippen LogP contribution in [0.3, 0.4) is 0 Å². The summed E-state index contributed by atoms with van der Waals surface area (Å²) in [5.41, 5.74) is 1.58. The third kappa shape index (κ3) is 5.88. The first-order chi connectivity index (χ1) is 12.5. The van der Waals surface area contributed by atoms with Crippen LogP contribution in [0.1, 0.15) is 40.4 Å². The van der Waals surface area contributed by atoms with Crippen molar-refractivity contribution in [1.29, 1.82) is 0 Å². The molecule has 0 aliphatic rings. The van der Waals surface area contributed by atoms with E-state index in [0.29, 0.717) is 25.4 Å². The second kappa shape index (κ2) is 9.56. The predicted octanol–water partition coefficient (Wildman–Crippen LogP) is 2.45. The molecule has 2 rings (SSSR count). The van der Waals surface area contributed by atoms with Crippen molar-refractivity contribution in [3.05, 3.63) is 59.4 Å². The van der Waals surface area contributed by atoms with Crippen molar-refractivity contribution in [3.63, 3.8) is 0 Å². The van der Waals surface area contributed by atoms with E-state index in [1.807, 2.05) is 38.1 Å². The van der Waals surface area contributed by atoms with Crippen LogP contribution in [-0.4, -0.2) is 37.0 Å². The Morgan fingerprint density at radius 3 is 2.19 bits per heavy atom. The van der Waals surface area contributed by atoms with Gasteiger partial charge in [0, 0.05) is 13.1 Å². The summed E-state index contributed by atoms with van der Waals surface area (Å²) in [6.07, 6.45) is 0.699. The fourth-order valence-corrected chi connectivity index (χ4v) is 2.28. The fraction of sp³-hybridized carbons (Fsp3) is 0.350. The highest BCUT2D eigenvalue weighted by atomic mass is 16.5. The highest BCUT2D eigenvalue weighted by Gasteiger charge is 2.12. The molecule has 1 aromatic heterocycles. The molecule has 0 fully saturated rings. The van der Waals surface area contributed by atoms with Crippen LogP contribution in [0, 0.1) is 5.92 Å². The number of nitrogens with one attached hydrogen (secondary N) is 2. The summed E-state index contributed by atoms with van der Waals surface area (Å²) in [5, 5.41) is 5.62. The van der Waals surface area contributed by atoms with Crippen molar-refractivity contribution in [2.24, 2.45) is 5.92 Å². The molecule has 0 radical (unpaired) electrons. The van der Waals surface area contributed by atoms with Crippen LogP contribution in [0.2, 0.25) is 0 Å². The number of methoxy groups -OCH3 is 1. The molecule has 0 unspecified atom stereocenters. The van der Waals surface area contributed by atoms with Gasteiger partial charge >= 0.3 is 0 Å². The molecule has 138 valence electrons. The van der Waals surface area contributed by atoms with E-state index in [1.54, 1.807) is 25.3 Å². The Bertz CT molecular complexity index is 742. The molecule has 1 aromatic carbocycles. The first-order valence-corrected chi connectivity index (χ1v) is 8.66. The van der Waals surface area contributed by atoms with E-state index in [-0.39, 0.29) is 23.2 Å². The van der Waals surface area contributed by atoms with Crippen LogP contribution in [0.4, 0.5) is 0 Å². The van der Waals surface area contributed by atoms with E-state index < -0.39 is 0 Å². The van der Waals surface area contributed by atoms with Gasteiger partial charge in [0.2, 0.25) is 0 Å². The zero-order valence-electron chi connectivity index (χ0n) is 15.4. The van der Waals surface area contributed by atoms with Gasteiger partial charge < -0.3 is 15.4 Å². The summed E-state index contributed by atoms with van der Waals surface area (Å²) in [5.74, 6) is 0.585. The normalized spacial score (nSPS) is 10.5. The Labute approximate surface area is 154 Å². The Balaban J connectivity index is 1.88. The standard InChI is InChI=1S/C20H25N3O3/c1-14(2)13-22-20(25)18-6-4-5-17(23-18)19(24)21-12-11-15-7-9-16(26-3)10-8-15/h4-10,14H,11-13H2,1-3H3,(H,21,24)(H,22,25). The van der Waals surface area contributed by atoms with Crippen LogP contribution < -0.4 is 15.4 Å². The van der Waals surface area contributed by atoms with Gasteiger partial charge in [-0.15, -0.1) is 0 Å². The number of carbonyl (C=O) groups is 2. The molecular weight excluding hydrogens is 330 g/mol. The molecule has 1 heterocycles. The molecule has 0 saturated heterocycles. The van der Waals surface area contributed by atoms with Gasteiger partial charge in [-0.2, -0.15) is 0 Å². The lowest BCUT2D eigenvalue weighted by Crippen LogP contribution is -2.30. The third-order valence-corrected chi connectivity index (χ3v) is 3.74. The molecule has 6 heteroatoms. The molecule has 2 aromatic rings. The van der Waals surface area contributed by atoms with E-state index in [0.717, 1.165) is 11.3 Å². The summed E-state index contributed by atoms with van der Waals surface area (Å²) in [7, 11) is 1.62. The summed E-state index contributed by atoms with van der Waals surface area (Å²) < 4.78 is 5.12. The summed E-state index contributed by atoms with van der Waals surface area (Å²) >= 11 is 0. The monoisotopic (exact) mass is 355 g/mol. The minimum atomic E-state index is -0.294. The lowest BCUT2D eigenvalue weighted by atomic mass is 10.1. The Morgan fingerprint density at radius 1 is 1.00 bits per heavy atom. The third-order valence-electron chi connectivity index (χ3n) is 3.74. The number of amides is 2. The maximum atomic E-state index is 12.3. The average molecular weight is 355 g/mol. The molecule has 0 aliphatic carbocycles. The van der Waals surface area contributed by atoms with Crippen LogP contribution in [-0.2, 0) is 6.42 Å². The number of aromatic nitrogens is 1. The lowest BCUT2D eigenvalue weighted by Gasteiger charge is -2.09. The molecule has 0 aliphatic heterocycles. The molecule has 0 spiro atoms. The van der Waals surface area contributed by atoms with Gasteiger partial charge in [0.1, 0.15) is 17.1 Å². The number of hydrogen-bond donors (Lipinski definition) is 2. The number of carbonyl (C=O) groups excluding carboxylic acids is 2. The average Bonchev–Trinajstić information content (AvgIpc) is 2.66. The molecule has 26 heavy (non-hydrogen) atoms. The fourth-order valence-electron chi connectivity index (χ4n) is 2.28.